The number of thiocarbonyl (C=S) groups is 1. The zero-order valence-corrected chi connectivity index (χ0v) is 13.8. The van der Waals surface area contributed by atoms with Crippen LogP contribution >= 0.6 is 12.2 Å². The number of benzene rings is 2. The van der Waals surface area contributed by atoms with E-state index in [2.05, 4.69) is 15.8 Å². The average molecular weight is 331 g/mol. The standard InChI is InChI=1S/C17H18FN3OS/c1-12(11-13-7-3-6-10-16(13)22-2)20-21-17(23)19-15-9-5-4-8-14(15)18/h3-10H,11H2,1-2H3,(H2,19,21,23)/b20-12-. The van der Waals surface area contributed by atoms with E-state index in [0.29, 0.717) is 12.1 Å². The quantitative estimate of drug-likeness (QED) is 0.498. The molecule has 0 saturated heterocycles. The molecule has 0 fully saturated rings. The molecular weight excluding hydrogens is 313 g/mol. The lowest BCUT2D eigenvalue weighted by molar-refractivity contribution is 0.411. The highest BCUT2D eigenvalue weighted by Crippen LogP contribution is 2.18. The molecule has 0 aliphatic rings. The summed E-state index contributed by atoms with van der Waals surface area (Å²) in [5.74, 6) is 0.445. The number of anilines is 1. The average Bonchev–Trinajstić information content (AvgIpc) is 2.55. The number of hydrogen-bond acceptors (Lipinski definition) is 3. The molecule has 0 bridgehead atoms. The molecule has 4 nitrogen and oxygen atoms in total. The number of nitrogens with one attached hydrogen (secondary N) is 2. The van der Waals surface area contributed by atoms with Gasteiger partial charge in [-0.1, -0.05) is 30.3 Å². The van der Waals surface area contributed by atoms with Crippen LogP contribution in [-0.4, -0.2) is 17.9 Å². The van der Waals surface area contributed by atoms with Crippen LogP contribution in [0.4, 0.5) is 10.1 Å². The Balaban J connectivity index is 1.94. The van der Waals surface area contributed by atoms with Gasteiger partial charge in [-0.2, -0.15) is 5.10 Å². The fourth-order valence-corrected chi connectivity index (χ4v) is 2.18. The molecule has 0 amide bonds. The minimum atomic E-state index is -0.369. The van der Waals surface area contributed by atoms with E-state index in [0.717, 1.165) is 17.0 Å². The number of ether oxygens (including phenoxy) is 1. The normalized spacial score (nSPS) is 11.0. The molecule has 0 saturated carbocycles. The van der Waals surface area contributed by atoms with E-state index in [-0.39, 0.29) is 10.9 Å². The molecule has 2 rings (SSSR count). The maximum absolute atomic E-state index is 13.5. The molecule has 0 unspecified atom stereocenters. The summed E-state index contributed by atoms with van der Waals surface area (Å²) < 4.78 is 18.8. The first-order valence-electron chi connectivity index (χ1n) is 7.06. The van der Waals surface area contributed by atoms with E-state index >= 15 is 0 Å². The molecule has 0 aromatic heterocycles. The van der Waals surface area contributed by atoms with Crippen molar-refractivity contribution in [2.75, 3.05) is 12.4 Å². The van der Waals surface area contributed by atoms with Crippen molar-refractivity contribution in [3.05, 3.63) is 59.9 Å². The highest BCUT2D eigenvalue weighted by atomic mass is 32.1. The fourth-order valence-electron chi connectivity index (χ4n) is 2.02. The Morgan fingerprint density at radius 1 is 1.17 bits per heavy atom. The van der Waals surface area contributed by atoms with E-state index in [1.165, 1.54) is 6.07 Å². The Morgan fingerprint density at radius 2 is 1.87 bits per heavy atom. The monoisotopic (exact) mass is 331 g/mol. The van der Waals surface area contributed by atoms with Crippen molar-refractivity contribution in [2.45, 2.75) is 13.3 Å². The Bertz CT molecular complexity index is 718. The second-order valence-corrected chi connectivity index (χ2v) is 5.29. The van der Waals surface area contributed by atoms with Crippen molar-refractivity contribution < 1.29 is 9.13 Å². The number of hydrazone groups is 1. The third kappa shape index (κ3) is 5.03. The van der Waals surface area contributed by atoms with Crippen LogP contribution in [0.1, 0.15) is 12.5 Å². The maximum atomic E-state index is 13.5. The summed E-state index contributed by atoms with van der Waals surface area (Å²) in [6.45, 7) is 1.88. The van der Waals surface area contributed by atoms with E-state index in [1.807, 2.05) is 31.2 Å². The van der Waals surface area contributed by atoms with Crippen LogP contribution in [0.2, 0.25) is 0 Å². The summed E-state index contributed by atoms with van der Waals surface area (Å²) >= 11 is 5.11. The van der Waals surface area contributed by atoms with Crippen LogP contribution in [-0.2, 0) is 6.42 Å². The Labute approximate surface area is 140 Å². The van der Waals surface area contributed by atoms with Gasteiger partial charge in [0.05, 0.1) is 12.8 Å². The van der Waals surface area contributed by atoms with E-state index in [9.17, 15) is 4.39 Å². The molecule has 2 N–H and O–H groups in total. The first-order valence-corrected chi connectivity index (χ1v) is 7.47. The molecule has 0 atom stereocenters. The molecule has 23 heavy (non-hydrogen) atoms. The summed E-state index contributed by atoms with van der Waals surface area (Å²) in [5, 5.41) is 7.20. The third-order valence-corrected chi connectivity index (χ3v) is 3.30. The molecule has 0 aliphatic heterocycles. The Morgan fingerprint density at radius 3 is 2.61 bits per heavy atom. The molecule has 0 spiro atoms. The van der Waals surface area contributed by atoms with Gasteiger partial charge >= 0.3 is 0 Å². The van der Waals surface area contributed by atoms with Crippen LogP contribution in [0, 0.1) is 5.82 Å². The maximum Gasteiger partial charge on any atom is 0.191 e. The minimum absolute atomic E-state index is 0.231. The zero-order valence-electron chi connectivity index (χ0n) is 13.0. The highest BCUT2D eigenvalue weighted by molar-refractivity contribution is 7.80. The van der Waals surface area contributed by atoms with Gasteiger partial charge in [-0.15, -0.1) is 0 Å². The summed E-state index contributed by atoms with van der Waals surface area (Å²) in [4.78, 5) is 0. The summed E-state index contributed by atoms with van der Waals surface area (Å²) in [6, 6.07) is 14.1. The van der Waals surface area contributed by atoms with Gasteiger partial charge in [0.15, 0.2) is 5.11 Å². The lowest BCUT2D eigenvalue weighted by atomic mass is 10.1. The molecule has 2 aromatic rings. The minimum Gasteiger partial charge on any atom is -0.496 e. The largest absolute Gasteiger partial charge is 0.496 e. The predicted molar refractivity (Wildman–Crippen MR) is 95.6 cm³/mol. The number of para-hydroxylation sites is 2. The Kier molecular flexibility index (Phi) is 6.05. The summed E-state index contributed by atoms with van der Waals surface area (Å²) in [5.41, 5.74) is 4.88. The smallest absolute Gasteiger partial charge is 0.191 e. The van der Waals surface area contributed by atoms with Gasteiger partial charge in [-0.25, -0.2) is 4.39 Å². The second kappa shape index (κ2) is 8.24. The number of methoxy groups -OCH3 is 1. The first kappa shape index (κ1) is 16.9. The zero-order chi connectivity index (χ0) is 16.7. The molecular formula is C17H18FN3OS. The van der Waals surface area contributed by atoms with Crippen LogP contribution in [0.5, 0.6) is 5.75 Å². The van der Waals surface area contributed by atoms with Gasteiger partial charge in [0.25, 0.3) is 0 Å². The van der Waals surface area contributed by atoms with Crippen molar-refractivity contribution in [1.29, 1.82) is 0 Å². The third-order valence-electron chi connectivity index (χ3n) is 3.11. The number of halogens is 1. The topological polar surface area (TPSA) is 45.6 Å². The van der Waals surface area contributed by atoms with Gasteiger partial charge in [0.1, 0.15) is 11.6 Å². The molecule has 120 valence electrons. The van der Waals surface area contributed by atoms with Crippen LogP contribution < -0.4 is 15.5 Å². The fraction of sp³-hybridized carbons (Fsp3) is 0.176. The number of hydrogen-bond donors (Lipinski definition) is 2. The number of nitrogens with zero attached hydrogens (tertiary/aromatic N) is 1. The predicted octanol–water partition coefficient (Wildman–Crippen LogP) is 3.74. The molecule has 0 radical (unpaired) electrons. The number of rotatable bonds is 5. The van der Waals surface area contributed by atoms with Gasteiger partial charge in [-0.05, 0) is 42.9 Å². The lowest BCUT2D eigenvalue weighted by Crippen LogP contribution is -2.25. The van der Waals surface area contributed by atoms with Gasteiger partial charge in [0.2, 0.25) is 0 Å². The van der Waals surface area contributed by atoms with Crippen molar-refractivity contribution in [2.24, 2.45) is 5.10 Å². The lowest BCUT2D eigenvalue weighted by Gasteiger charge is -2.10. The molecule has 0 heterocycles. The van der Waals surface area contributed by atoms with Crippen molar-refractivity contribution in [3.63, 3.8) is 0 Å². The van der Waals surface area contributed by atoms with Crippen LogP contribution in [0.15, 0.2) is 53.6 Å². The highest BCUT2D eigenvalue weighted by Gasteiger charge is 2.05. The van der Waals surface area contributed by atoms with Crippen molar-refractivity contribution in [1.82, 2.24) is 5.43 Å². The molecule has 0 aliphatic carbocycles. The Hall–Kier alpha value is -2.47. The van der Waals surface area contributed by atoms with Crippen molar-refractivity contribution >= 4 is 28.7 Å². The SMILES string of the molecule is COc1ccccc1C/C(C)=N\NC(=S)Nc1ccccc1F. The summed E-state index contributed by atoms with van der Waals surface area (Å²) in [7, 11) is 1.64. The van der Waals surface area contributed by atoms with Crippen LogP contribution in [0.3, 0.4) is 0 Å². The molecule has 6 heteroatoms. The van der Waals surface area contributed by atoms with E-state index in [4.69, 9.17) is 17.0 Å². The van der Waals surface area contributed by atoms with E-state index < -0.39 is 0 Å². The summed E-state index contributed by atoms with van der Waals surface area (Å²) in [6.07, 6.45) is 0.624. The van der Waals surface area contributed by atoms with Crippen molar-refractivity contribution in [3.8, 4) is 5.75 Å². The second-order valence-electron chi connectivity index (χ2n) is 4.88. The van der Waals surface area contributed by atoms with Gasteiger partial charge in [0, 0.05) is 12.1 Å². The van der Waals surface area contributed by atoms with Gasteiger partial charge in [-0.3, -0.25) is 5.43 Å². The van der Waals surface area contributed by atoms with Crippen LogP contribution in [0.25, 0.3) is 0 Å². The first-order chi connectivity index (χ1) is 11.1. The molecule has 2 aromatic carbocycles. The van der Waals surface area contributed by atoms with Gasteiger partial charge < -0.3 is 10.1 Å². The van der Waals surface area contributed by atoms with E-state index in [1.54, 1.807) is 25.3 Å².